The van der Waals surface area contributed by atoms with Gasteiger partial charge in [0.2, 0.25) is 0 Å². The largest absolute Gasteiger partial charge is 0.573 e. The van der Waals surface area contributed by atoms with E-state index in [-0.39, 0.29) is 30.6 Å². The second kappa shape index (κ2) is 11.4. The molecule has 42 heavy (non-hydrogen) atoms. The summed E-state index contributed by atoms with van der Waals surface area (Å²) in [4.78, 5) is 26.4. The minimum Gasteiger partial charge on any atom is -0.497 e. The number of nitrogens with zero attached hydrogens (tertiary/aromatic N) is 1. The van der Waals surface area contributed by atoms with Crippen LogP contribution in [0, 0.1) is 5.82 Å². The number of benzene rings is 3. The summed E-state index contributed by atoms with van der Waals surface area (Å²) in [6, 6.07) is 12.0. The summed E-state index contributed by atoms with van der Waals surface area (Å²) in [5.74, 6) is -3.04. The molecule has 1 amide bonds. The van der Waals surface area contributed by atoms with Gasteiger partial charge in [-0.3, -0.25) is 4.79 Å². The van der Waals surface area contributed by atoms with Crippen molar-refractivity contribution < 1.29 is 46.5 Å². The molecule has 0 saturated carbocycles. The molecule has 2 N–H and O–H groups in total. The van der Waals surface area contributed by atoms with E-state index in [9.17, 15) is 27.2 Å². The van der Waals surface area contributed by atoms with E-state index in [1.807, 2.05) is 0 Å². The Morgan fingerprint density at radius 2 is 1.79 bits per heavy atom. The van der Waals surface area contributed by atoms with Crippen LogP contribution in [0.5, 0.6) is 17.2 Å². The number of ether oxygens (including phenoxy) is 3. The number of methoxy groups -OCH3 is 1. The van der Waals surface area contributed by atoms with Gasteiger partial charge in [0.1, 0.15) is 23.6 Å². The normalized spacial score (nSPS) is 16.6. The van der Waals surface area contributed by atoms with Crippen molar-refractivity contribution in [3.05, 3.63) is 88.2 Å². The molecule has 3 aromatic carbocycles. The molecule has 0 saturated heterocycles. The van der Waals surface area contributed by atoms with Crippen LogP contribution in [0.4, 0.5) is 28.9 Å². The fraction of sp³-hybridized carbons (Fsp3) is 0.241. The molecule has 0 radical (unpaired) electrons. The topological polar surface area (TPSA) is 97.3 Å². The Balaban J connectivity index is 1.46. The van der Waals surface area contributed by atoms with Crippen LogP contribution in [0.15, 0.2) is 66.2 Å². The number of anilines is 2. The number of halogens is 5. The summed E-state index contributed by atoms with van der Waals surface area (Å²) >= 11 is 6.06. The first kappa shape index (κ1) is 29.1. The first-order valence-corrected chi connectivity index (χ1v) is 13.0. The first-order valence-electron chi connectivity index (χ1n) is 12.6. The molecule has 220 valence electrons. The third-order valence-electron chi connectivity index (χ3n) is 6.77. The number of hydrogen-bond acceptors (Lipinski definition) is 6. The van der Waals surface area contributed by atoms with Gasteiger partial charge >= 0.3 is 12.3 Å². The summed E-state index contributed by atoms with van der Waals surface area (Å²) < 4.78 is 68.0. The van der Waals surface area contributed by atoms with Crippen molar-refractivity contribution in [2.45, 2.75) is 31.3 Å². The number of carbonyl (C=O) groups is 2. The van der Waals surface area contributed by atoms with Gasteiger partial charge in [-0.15, -0.1) is 13.2 Å². The van der Waals surface area contributed by atoms with Crippen molar-refractivity contribution in [3.8, 4) is 17.2 Å². The highest BCUT2D eigenvalue weighted by atomic mass is 35.5. The number of nitrogens with one attached hydrogen (secondary N) is 1. The van der Waals surface area contributed by atoms with E-state index in [4.69, 9.17) is 26.2 Å². The summed E-state index contributed by atoms with van der Waals surface area (Å²) in [7, 11) is 1.44. The number of rotatable bonds is 9. The first-order chi connectivity index (χ1) is 19.9. The van der Waals surface area contributed by atoms with E-state index in [2.05, 4.69) is 10.1 Å². The number of carboxylic acid groups (broad SMARTS) is 1. The quantitative estimate of drug-likeness (QED) is 0.276. The molecule has 5 rings (SSSR count). The van der Waals surface area contributed by atoms with E-state index in [0.29, 0.717) is 33.3 Å². The summed E-state index contributed by atoms with van der Waals surface area (Å²) in [5, 5.41) is 12.6. The highest BCUT2D eigenvalue weighted by Crippen LogP contribution is 2.39. The summed E-state index contributed by atoms with van der Waals surface area (Å²) in [6.45, 7) is 0.0985. The zero-order chi connectivity index (χ0) is 30.2. The molecule has 1 aliphatic carbocycles. The molecule has 3 aromatic rings. The Labute approximate surface area is 242 Å². The van der Waals surface area contributed by atoms with Crippen LogP contribution in [-0.2, 0) is 16.0 Å². The molecule has 0 bridgehead atoms. The smallest absolute Gasteiger partial charge is 0.497 e. The Kier molecular flexibility index (Phi) is 7.91. The third kappa shape index (κ3) is 6.38. The van der Waals surface area contributed by atoms with Crippen molar-refractivity contribution in [3.63, 3.8) is 0 Å². The van der Waals surface area contributed by atoms with Gasteiger partial charge in [0.05, 0.1) is 12.8 Å². The van der Waals surface area contributed by atoms with Gasteiger partial charge in [-0.1, -0.05) is 23.7 Å². The maximum absolute atomic E-state index is 14.3. The highest BCUT2D eigenvalue weighted by molar-refractivity contribution is 6.30. The van der Waals surface area contributed by atoms with Crippen LogP contribution in [0.1, 0.15) is 23.6 Å². The molecule has 1 heterocycles. The van der Waals surface area contributed by atoms with Gasteiger partial charge < -0.3 is 29.5 Å². The van der Waals surface area contributed by atoms with Gasteiger partial charge in [-0.2, -0.15) is 0 Å². The van der Waals surface area contributed by atoms with Gasteiger partial charge in [-0.05, 0) is 41.8 Å². The second-order valence-corrected chi connectivity index (χ2v) is 10.0. The number of carboxylic acids is 1. The maximum Gasteiger partial charge on any atom is 0.573 e. The molecule has 0 fully saturated rings. The zero-order valence-corrected chi connectivity index (χ0v) is 22.6. The number of fused-ring (bicyclic) bond motifs is 1. The predicted octanol–water partition coefficient (Wildman–Crippen LogP) is 6.29. The SMILES string of the molecule is COc1cc(NC(C(=O)N2CCc3cc(F)c(OC(F)(F)F)cc32)c2ccc(Cl)cc2)cc(OC2C=C(C(=O)O)C2)c1. The molecule has 2 atom stereocenters. The number of carbonyl (C=O) groups excluding carboxylic acids is 1. The van der Waals surface area contributed by atoms with E-state index < -0.39 is 42.0 Å². The maximum atomic E-state index is 14.3. The van der Waals surface area contributed by atoms with Crippen molar-refractivity contribution in [1.82, 2.24) is 0 Å². The average molecular weight is 607 g/mol. The lowest BCUT2D eigenvalue weighted by atomic mass is 9.96. The van der Waals surface area contributed by atoms with Crippen LogP contribution in [0.3, 0.4) is 0 Å². The minimum atomic E-state index is -5.12. The number of hydrogen-bond donors (Lipinski definition) is 2. The van der Waals surface area contributed by atoms with E-state index in [1.54, 1.807) is 42.5 Å². The van der Waals surface area contributed by atoms with Gasteiger partial charge in [0.15, 0.2) is 11.6 Å². The lowest BCUT2D eigenvalue weighted by Gasteiger charge is -2.27. The monoisotopic (exact) mass is 606 g/mol. The van der Waals surface area contributed by atoms with E-state index in [0.717, 1.165) is 12.1 Å². The average Bonchev–Trinajstić information content (AvgIpc) is 3.30. The van der Waals surface area contributed by atoms with Crippen molar-refractivity contribution in [2.75, 3.05) is 23.9 Å². The van der Waals surface area contributed by atoms with Gasteiger partial charge in [-0.25, -0.2) is 9.18 Å². The Hall–Kier alpha value is -4.45. The fourth-order valence-corrected chi connectivity index (χ4v) is 4.87. The van der Waals surface area contributed by atoms with Crippen LogP contribution in [0.25, 0.3) is 0 Å². The van der Waals surface area contributed by atoms with Gasteiger partial charge in [0, 0.05) is 53.5 Å². The lowest BCUT2D eigenvalue weighted by Crippen LogP contribution is -2.37. The minimum absolute atomic E-state index is 0.0985. The molecule has 13 heteroatoms. The number of amides is 1. The molecule has 2 unspecified atom stereocenters. The standard InChI is InChI=1S/C29H23ClF4N2O6/c1-40-20-11-19(12-22(13-20)41-21-8-17(9-21)28(38)39)35-26(15-2-4-18(30)5-3-15)27(37)36-7-6-16-10-23(31)25(14-24(16)36)42-29(32,33)34/h2-5,8,10-14,21,26,35H,6-7,9H2,1H3,(H,38,39). The second-order valence-electron chi connectivity index (χ2n) is 9.58. The van der Waals surface area contributed by atoms with E-state index in [1.165, 1.54) is 18.1 Å². The molecule has 8 nitrogen and oxygen atoms in total. The van der Waals surface area contributed by atoms with Crippen molar-refractivity contribution >= 4 is 34.9 Å². The lowest BCUT2D eigenvalue weighted by molar-refractivity contribution is -0.275. The van der Waals surface area contributed by atoms with Crippen LogP contribution < -0.4 is 24.4 Å². The summed E-state index contributed by atoms with van der Waals surface area (Å²) in [6.07, 6.45) is -3.65. The fourth-order valence-electron chi connectivity index (χ4n) is 4.74. The van der Waals surface area contributed by atoms with Crippen LogP contribution in [0.2, 0.25) is 5.02 Å². The summed E-state index contributed by atoms with van der Waals surface area (Å²) in [5.41, 5.74) is 1.59. The molecular formula is C29H23ClF4N2O6. The Morgan fingerprint density at radius 3 is 2.43 bits per heavy atom. The molecular weight excluding hydrogens is 584 g/mol. The zero-order valence-electron chi connectivity index (χ0n) is 21.9. The van der Waals surface area contributed by atoms with E-state index >= 15 is 0 Å². The van der Waals surface area contributed by atoms with Crippen LogP contribution >= 0.6 is 11.6 Å². The predicted molar refractivity (Wildman–Crippen MR) is 145 cm³/mol. The molecule has 2 aliphatic rings. The Bertz CT molecular complexity index is 1560. The van der Waals surface area contributed by atoms with Crippen molar-refractivity contribution in [2.24, 2.45) is 0 Å². The third-order valence-corrected chi connectivity index (χ3v) is 7.02. The molecule has 0 aromatic heterocycles. The highest BCUT2D eigenvalue weighted by Gasteiger charge is 2.36. The number of aliphatic carboxylic acids is 1. The van der Waals surface area contributed by atoms with Crippen molar-refractivity contribution in [1.29, 1.82) is 0 Å². The number of alkyl halides is 3. The Morgan fingerprint density at radius 1 is 1.10 bits per heavy atom. The molecule has 1 aliphatic heterocycles. The van der Waals surface area contributed by atoms with Gasteiger partial charge in [0.25, 0.3) is 5.91 Å². The van der Waals surface area contributed by atoms with Crippen LogP contribution in [-0.4, -0.2) is 43.1 Å². The molecule has 0 spiro atoms.